The molecular formula is C5H5F2N3O2. The number of carbonyl (C=O) groups excluding carboxylic acids is 1. The van der Waals surface area contributed by atoms with Crippen LogP contribution in [0.1, 0.15) is 5.82 Å². The summed E-state index contributed by atoms with van der Waals surface area (Å²) in [6, 6.07) is -0.321. The molecule has 0 saturated carbocycles. The summed E-state index contributed by atoms with van der Waals surface area (Å²) < 4.78 is 27.6. The van der Waals surface area contributed by atoms with Gasteiger partial charge in [0.05, 0.1) is 0 Å². The van der Waals surface area contributed by atoms with E-state index < -0.39 is 12.3 Å². The minimum absolute atomic E-state index is 0.263. The van der Waals surface area contributed by atoms with Gasteiger partial charge in [-0.2, -0.15) is 13.8 Å². The lowest BCUT2D eigenvalue weighted by Gasteiger charge is -1.95. The van der Waals surface area contributed by atoms with Gasteiger partial charge in [-0.3, -0.25) is 10.1 Å². The summed E-state index contributed by atoms with van der Waals surface area (Å²) in [5.74, 6) is -1.20. The first-order valence-corrected chi connectivity index (χ1v) is 2.99. The molecular weight excluding hydrogens is 172 g/mol. The molecule has 0 spiro atoms. The molecule has 1 heterocycles. The quantitative estimate of drug-likeness (QED) is 0.717. The Morgan fingerprint density at radius 2 is 2.33 bits per heavy atom. The summed E-state index contributed by atoms with van der Waals surface area (Å²) in [4.78, 5) is 13.8. The van der Waals surface area contributed by atoms with Crippen molar-refractivity contribution in [2.75, 3.05) is 5.32 Å². The summed E-state index contributed by atoms with van der Waals surface area (Å²) in [5, 5.41) is 5.02. The predicted octanol–water partition coefficient (Wildman–Crippen LogP) is 0.582. The molecule has 0 aromatic carbocycles. The van der Waals surface area contributed by atoms with E-state index in [0.29, 0.717) is 0 Å². The number of hydrogen-bond acceptors (Lipinski definition) is 4. The number of hydrogen-bond donors (Lipinski definition) is 1. The molecule has 1 aromatic heterocycles. The van der Waals surface area contributed by atoms with Gasteiger partial charge in [-0.1, -0.05) is 5.16 Å². The zero-order chi connectivity index (χ0) is 9.14. The first kappa shape index (κ1) is 8.57. The molecule has 5 nitrogen and oxygen atoms in total. The molecule has 0 aliphatic heterocycles. The van der Waals surface area contributed by atoms with Gasteiger partial charge in [0.1, 0.15) is 0 Å². The summed E-state index contributed by atoms with van der Waals surface area (Å²) in [6.07, 6.45) is -3.09. The van der Waals surface area contributed by atoms with E-state index in [1.807, 2.05) is 0 Å². The second-order valence-corrected chi connectivity index (χ2v) is 1.94. The Labute approximate surface area is 65.8 Å². The van der Waals surface area contributed by atoms with Gasteiger partial charge in [-0.15, -0.1) is 0 Å². The van der Waals surface area contributed by atoms with Crippen LogP contribution in [0.2, 0.25) is 0 Å². The molecule has 0 aliphatic carbocycles. The van der Waals surface area contributed by atoms with Gasteiger partial charge >= 0.3 is 12.4 Å². The third-order valence-corrected chi connectivity index (χ3v) is 0.956. The van der Waals surface area contributed by atoms with Crippen molar-refractivity contribution in [1.29, 1.82) is 0 Å². The fourth-order valence-electron chi connectivity index (χ4n) is 0.508. The Kier molecular flexibility index (Phi) is 2.32. The molecule has 1 amide bonds. The maximum Gasteiger partial charge on any atom is 0.328 e. The van der Waals surface area contributed by atoms with Gasteiger partial charge in [0.15, 0.2) is 5.82 Å². The van der Waals surface area contributed by atoms with Crippen molar-refractivity contribution in [3.8, 4) is 0 Å². The largest absolute Gasteiger partial charge is 0.328 e. The molecule has 12 heavy (non-hydrogen) atoms. The Balaban J connectivity index is 2.58. The van der Waals surface area contributed by atoms with Crippen LogP contribution >= 0.6 is 0 Å². The van der Waals surface area contributed by atoms with Crippen LogP contribution in [0.5, 0.6) is 0 Å². The molecule has 0 radical (unpaired) electrons. The molecule has 1 aromatic rings. The Morgan fingerprint density at radius 3 is 2.75 bits per heavy atom. The van der Waals surface area contributed by atoms with E-state index in [0.717, 1.165) is 0 Å². The highest BCUT2D eigenvalue weighted by Gasteiger charge is 2.17. The average molecular weight is 177 g/mol. The van der Waals surface area contributed by atoms with E-state index in [4.69, 9.17) is 0 Å². The Bertz CT molecular complexity index is 286. The number of aryl methyl sites for hydroxylation is 1. The van der Waals surface area contributed by atoms with Crippen LogP contribution in [0.25, 0.3) is 0 Å². The molecule has 0 unspecified atom stereocenters. The summed E-state index contributed by atoms with van der Waals surface area (Å²) in [7, 11) is 0. The maximum atomic E-state index is 11.6. The van der Waals surface area contributed by atoms with Crippen LogP contribution in [0.3, 0.4) is 0 Å². The number of rotatable bonds is 2. The van der Waals surface area contributed by atoms with Crippen molar-refractivity contribution in [3.63, 3.8) is 0 Å². The zero-order valence-corrected chi connectivity index (χ0v) is 6.04. The van der Waals surface area contributed by atoms with E-state index in [9.17, 15) is 13.6 Å². The van der Waals surface area contributed by atoms with Crippen molar-refractivity contribution in [3.05, 3.63) is 5.82 Å². The lowest BCUT2D eigenvalue weighted by atomic mass is 10.6. The third kappa shape index (κ3) is 1.97. The smallest absolute Gasteiger partial charge is 0.315 e. The van der Waals surface area contributed by atoms with Crippen molar-refractivity contribution in [1.82, 2.24) is 10.1 Å². The minimum atomic E-state index is -3.09. The molecule has 0 fully saturated rings. The molecule has 0 atom stereocenters. The number of alkyl halides is 2. The number of carbonyl (C=O) groups is 1. The maximum absolute atomic E-state index is 11.6. The second kappa shape index (κ2) is 3.24. The number of anilines is 1. The molecule has 1 N–H and O–H groups in total. The van der Waals surface area contributed by atoms with Gasteiger partial charge in [-0.25, -0.2) is 0 Å². The van der Waals surface area contributed by atoms with Crippen LogP contribution in [0.15, 0.2) is 4.52 Å². The van der Waals surface area contributed by atoms with Crippen molar-refractivity contribution < 1.29 is 18.1 Å². The first-order valence-electron chi connectivity index (χ1n) is 2.99. The zero-order valence-electron chi connectivity index (χ0n) is 6.04. The van der Waals surface area contributed by atoms with Crippen LogP contribution in [-0.4, -0.2) is 22.5 Å². The van der Waals surface area contributed by atoms with E-state index in [1.54, 1.807) is 5.32 Å². The van der Waals surface area contributed by atoms with Gasteiger partial charge in [0, 0.05) is 0 Å². The Hall–Kier alpha value is -1.53. The van der Waals surface area contributed by atoms with Gasteiger partial charge in [-0.05, 0) is 6.92 Å². The highest BCUT2D eigenvalue weighted by atomic mass is 19.3. The van der Waals surface area contributed by atoms with Crippen LogP contribution < -0.4 is 5.32 Å². The molecule has 0 aliphatic rings. The van der Waals surface area contributed by atoms with Crippen molar-refractivity contribution in [2.45, 2.75) is 13.3 Å². The van der Waals surface area contributed by atoms with Gasteiger partial charge < -0.3 is 4.52 Å². The van der Waals surface area contributed by atoms with E-state index in [-0.39, 0.29) is 11.8 Å². The van der Waals surface area contributed by atoms with Gasteiger partial charge in [0.25, 0.3) is 5.91 Å². The monoisotopic (exact) mass is 177 g/mol. The molecule has 66 valence electrons. The second-order valence-electron chi connectivity index (χ2n) is 1.94. The summed E-state index contributed by atoms with van der Waals surface area (Å²) in [5.41, 5.74) is 0. The highest BCUT2D eigenvalue weighted by molar-refractivity contribution is 5.91. The lowest BCUT2D eigenvalue weighted by molar-refractivity contribution is -0.126. The van der Waals surface area contributed by atoms with E-state index in [2.05, 4.69) is 14.7 Å². The standard InChI is InChI=1S/C5H5F2N3O2/c1-2-8-5(12-10-2)9-4(11)3(6)7/h3H,1H3,(H,8,9,10,11). The van der Waals surface area contributed by atoms with Crippen LogP contribution in [0, 0.1) is 6.92 Å². The summed E-state index contributed by atoms with van der Waals surface area (Å²) in [6.45, 7) is 1.50. The van der Waals surface area contributed by atoms with Gasteiger partial charge in [0.2, 0.25) is 0 Å². The topological polar surface area (TPSA) is 68.0 Å². The van der Waals surface area contributed by atoms with Crippen LogP contribution in [0.4, 0.5) is 14.8 Å². The van der Waals surface area contributed by atoms with E-state index in [1.165, 1.54) is 6.92 Å². The number of nitrogens with zero attached hydrogens (tertiary/aromatic N) is 2. The minimum Gasteiger partial charge on any atom is -0.315 e. The van der Waals surface area contributed by atoms with Crippen molar-refractivity contribution >= 4 is 11.9 Å². The molecule has 0 saturated heterocycles. The fraction of sp³-hybridized carbons (Fsp3) is 0.400. The number of aromatic nitrogens is 2. The molecule has 1 rings (SSSR count). The molecule has 0 bridgehead atoms. The third-order valence-electron chi connectivity index (χ3n) is 0.956. The number of halogens is 2. The molecule has 7 heteroatoms. The van der Waals surface area contributed by atoms with E-state index >= 15 is 0 Å². The highest BCUT2D eigenvalue weighted by Crippen LogP contribution is 2.04. The normalized spacial score (nSPS) is 10.3. The predicted molar refractivity (Wildman–Crippen MR) is 33.7 cm³/mol. The lowest BCUT2D eigenvalue weighted by Crippen LogP contribution is -2.20. The number of nitrogens with one attached hydrogen (secondary N) is 1. The SMILES string of the molecule is Cc1noc(NC(=O)C(F)F)n1. The number of amides is 1. The van der Waals surface area contributed by atoms with Crippen molar-refractivity contribution in [2.24, 2.45) is 0 Å². The fourth-order valence-corrected chi connectivity index (χ4v) is 0.508. The Morgan fingerprint density at radius 1 is 1.67 bits per heavy atom. The summed E-state index contributed by atoms with van der Waals surface area (Å²) >= 11 is 0. The average Bonchev–Trinajstić information content (AvgIpc) is 2.35. The first-order chi connectivity index (χ1) is 5.59. The van der Waals surface area contributed by atoms with Crippen LogP contribution in [-0.2, 0) is 4.79 Å².